The van der Waals surface area contributed by atoms with Gasteiger partial charge in [0, 0.05) is 19.1 Å². The zero-order valence-electron chi connectivity index (χ0n) is 14.4. The lowest BCUT2D eigenvalue weighted by atomic mass is 10.2. The van der Waals surface area contributed by atoms with Crippen LogP contribution in [0.3, 0.4) is 0 Å². The van der Waals surface area contributed by atoms with Crippen LogP contribution in [0.5, 0.6) is 5.75 Å². The number of nitrogens with zero attached hydrogens (tertiary/aromatic N) is 1. The lowest BCUT2D eigenvalue weighted by Crippen LogP contribution is -2.35. The minimum atomic E-state index is -0.869. The van der Waals surface area contributed by atoms with Crippen molar-refractivity contribution in [1.82, 2.24) is 4.90 Å². The summed E-state index contributed by atoms with van der Waals surface area (Å²) in [5.41, 5.74) is 1.19. The number of rotatable bonds is 6. The van der Waals surface area contributed by atoms with Gasteiger partial charge in [-0.05, 0) is 36.8 Å². The SMILES string of the molecule is C[C@H](OC(=O)c1ccccc1OCc1ccc(Cl)cc1)C(=O)N(C)C. The van der Waals surface area contributed by atoms with Gasteiger partial charge in [0.25, 0.3) is 5.91 Å². The summed E-state index contributed by atoms with van der Waals surface area (Å²) in [6.45, 7) is 1.82. The first-order valence-corrected chi connectivity index (χ1v) is 8.14. The van der Waals surface area contributed by atoms with Crippen LogP contribution in [0.15, 0.2) is 48.5 Å². The molecule has 0 aliphatic rings. The smallest absolute Gasteiger partial charge is 0.342 e. The molecule has 132 valence electrons. The molecule has 0 aromatic heterocycles. The Bertz CT molecular complexity index is 743. The molecule has 2 aromatic rings. The van der Waals surface area contributed by atoms with Gasteiger partial charge in [0.15, 0.2) is 6.10 Å². The standard InChI is InChI=1S/C19H20ClNO4/c1-13(18(22)21(2)3)25-19(23)16-6-4-5-7-17(16)24-12-14-8-10-15(20)11-9-14/h4-11,13H,12H2,1-3H3/t13-/m0/s1. The fourth-order valence-corrected chi connectivity index (χ4v) is 2.27. The molecule has 0 bridgehead atoms. The number of amides is 1. The Labute approximate surface area is 152 Å². The first kappa shape index (κ1) is 18.8. The van der Waals surface area contributed by atoms with Crippen molar-refractivity contribution in [2.24, 2.45) is 0 Å². The predicted octanol–water partition coefficient (Wildman–Crippen LogP) is 3.55. The minimum absolute atomic E-state index is 0.273. The Morgan fingerprint density at radius 2 is 1.72 bits per heavy atom. The van der Waals surface area contributed by atoms with Gasteiger partial charge < -0.3 is 14.4 Å². The van der Waals surface area contributed by atoms with Crippen molar-refractivity contribution < 1.29 is 19.1 Å². The van der Waals surface area contributed by atoms with Crippen LogP contribution in [0.25, 0.3) is 0 Å². The Hall–Kier alpha value is -2.53. The molecule has 2 aromatic carbocycles. The summed E-state index contributed by atoms with van der Waals surface area (Å²) in [4.78, 5) is 25.6. The molecule has 0 saturated heterocycles. The number of hydrogen-bond donors (Lipinski definition) is 0. The maximum absolute atomic E-state index is 12.4. The quantitative estimate of drug-likeness (QED) is 0.738. The molecular formula is C19H20ClNO4. The van der Waals surface area contributed by atoms with E-state index in [1.165, 1.54) is 11.8 Å². The maximum Gasteiger partial charge on any atom is 0.342 e. The fourth-order valence-electron chi connectivity index (χ4n) is 2.14. The van der Waals surface area contributed by atoms with Gasteiger partial charge >= 0.3 is 5.97 Å². The van der Waals surface area contributed by atoms with Crippen molar-refractivity contribution in [3.63, 3.8) is 0 Å². The summed E-state index contributed by atoms with van der Waals surface area (Å²) in [5, 5.41) is 0.646. The first-order chi connectivity index (χ1) is 11.9. The molecule has 0 aliphatic heterocycles. The number of carbonyl (C=O) groups is 2. The van der Waals surface area contributed by atoms with Crippen molar-refractivity contribution in [2.45, 2.75) is 19.6 Å². The monoisotopic (exact) mass is 361 g/mol. The number of ether oxygens (including phenoxy) is 2. The third-order valence-corrected chi connectivity index (χ3v) is 3.74. The highest BCUT2D eigenvalue weighted by Crippen LogP contribution is 2.21. The van der Waals surface area contributed by atoms with E-state index in [0.717, 1.165) is 5.56 Å². The zero-order valence-corrected chi connectivity index (χ0v) is 15.1. The molecule has 0 saturated carbocycles. The van der Waals surface area contributed by atoms with Gasteiger partial charge in [-0.25, -0.2) is 4.79 Å². The molecule has 0 N–H and O–H groups in total. The molecule has 0 aliphatic carbocycles. The fraction of sp³-hybridized carbons (Fsp3) is 0.263. The molecule has 1 atom stereocenters. The molecular weight excluding hydrogens is 342 g/mol. The summed E-state index contributed by atoms with van der Waals surface area (Å²) in [6.07, 6.45) is -0.869. The highest BCUT2D eigenvalue weighted by atomic mass is 35.5. The molecule has 0 radical (unpaired) electrons. The molecule has 0 unspecified atom stereocenters. The number of benzene rings is 2. The van der Waals surface area contributed by atoms with Gasteiger partial charge in [0.2, 0.25) is 0 Å². The predicted molar refractivity (Wildman–Crippen MR) is 95.8 cm³/mol. The van der Waals surface area contributed by atoms with Crippen LogP contribution in [0.1, 0.15) is 22.8 Å². The van der Waals surface area contributed by atoms with Crippen molar-refractivity contribution in [3.05, 3.63) is 64.7 Å². The second-order valence-electron chi connectivity index (χ2n) is 5.69. The molecule has 0 fully saturated rings. The highest BCUT2D eigenvalue weighted by Gasteiger charge is 2.22. The van der Waals surface area contributed by atoms with E-state index in [1.807, 2.05) is 12.1 Å². The van der Waals surface area contributed by atoms with Gasteiger partial charge in [-0.3, -0.25) is 4.79 Å². The second-order valence-corrected chi connectivity index (χ2v) is 6.13. The Balaban J connectivity index is 2.07. The number of carbonyl (C=O) groups excluding carboxylic acids is 2. The third kappa shape index (κ3) is 5.22. The molecule has 2 rings (SSSR count). The molecule has 25 heavy (non-hydrogen) atoms. The summed E-state index contributed by atoms with van der Waals surface area (Å²) in [7, 11) is 3.21. The molecule has 6 heteroatoms. The van der Waals surface area contributed by atoms with Crippen molar-refractivity contribution in [3.8, 4) is 5.75 Å². The van der Waals surface area contributed by atoms with E-state index in [4.69, 9.17) is 21.1 Å². The van der Waals surface area contributed by atoms with E-state index in [0.29, 0.717) is 10.8 Å². The second kappa shape index (κ2) is 8.53. The van der Waals surface area contributed by atoms with Crippen molar-refractivity contribution in [1.29, 1.82) is 0 Å². The normalized spacial score (nSPS) is 11.5. The summed E-state index contributed by atoms with van der Waals surface area (Å²) < 4.78 is 11.0. The Morgan fingerprint density at radius 3 is 2.36 bits per heavy atom. The van der Waals surface area contributed by atoms with Crippen LogP contribution in [0, 0.1) is 0 Å². The van der Waals surface area contributed by atoms with Crippen LogP contribution >= 0.6 is 11.6 Å². The Morgan fingerprint density at radius 1 is 1.08 bits per heavy atom. The van der Waals surface area contributed by atoms with Gasteiger partial charge in [-0.2, -0.15) is 0 Å². The van der Waals surface area contributed by atoms with E-state index in [9.17, 15) is 9.59 Å². The minimum Gasteiger partial charge on any atom is -0.488 e. The summed E-state index contributed by atoms with van der Waals surface area (Å²) >= 11 is 5.86. The number of esters is 1. The van der Waals surface area contributed by atoms with Crippen LogP contribution in [0.2, 0.25) is 5.02 Å². The average molecular weight is 362 g/mol. The average Bonchev–Trinajstić information content (AvgIpc) is 2.60. The van der Waals surface area contributed by atoms with E-state index >= 15 is 0 Å². The van der Waals surface area contributed by atoms with Crippen LogP contribution in [0.4, 0.5) is 0 Å². The Kier molecular flexibility index (Phi) is 6.42. The molecule has 0 heterocycles. The van der Waals surface area contributed by atoms with E-state index in [1.54, 1.807) is 50.5 Å². The highest BCUT2D eigenvalue weighted by molar-refractivity contribution is 6.30. The van der Waals surface area contributed by atoms with E-state index in [-0.39, 0.29) is 18.1 Å². The maximum atomic E-state index is 12.4. The number of halogens is 1. The number of para-hydroxylation sites is 1. The lowest BCUT2D eigenvalue weighted by Gasteiger charge is -2.18. The lowest BCUT2D eigenvalue weighted by molar-refractivity contribution is -0.137. The first-order valence-electron chi connectivity index (χ1n) is 7.77. The summed E-state index contributed by atoms with van der Waals surface area (Å²) in [6, 6.07) is 14.0. The number of likely N-dealkylation sites (N-methyl/N-ethyl adjacent to an activating group) is 1. The molecule has 5 nitrogen and oxygen atoms in total. The number of hydrogen-bond acceptors (Lipinski definition) is 4. The van der Waals surface area contributed by atoms with Gasteiger partial charge in [0.05, 0.1) is 0 Å². The van der Waals surface area contributed by atoms with Crippen molar-refractivity contribution >= 4 is 23.5 Å². The van der Waals surface area contributed by atoms with E-state index < -0.39 is 12.1 Å². The van der Waals surface area contributed by atoms with Crippen molar-refractivity contribution in [2.75, 3.05) is 14.1 Å². The van der Waals surface area contributed by atoms with Gasteiger partial charge in [-0.15, -0.1) is 0 Å². The molecule has 0 spiro atoms. The third-order valence-electron chi connectivity index (χ3n) is 3.49. The van der Waals surface area contributed by atoms with Crippen LogP contribution in [-0.2, 0) is 16.1 Å². The summed E-state index contributed by atoms with van der Waals surface area (Å²) in [5.74, 6) is -0.491. The topological polar surface area (TPSA) is 55.8 Å². The van der Waals surface area contributed by atoms with Crippen LogP contribution < -0.4 is 4.74 Å². The molecule has 1 amide bonds. The van der Waals surface area contributed by atoms with Gasteiger partial charge in [-0.1, -0.05) is 35.9 Å². The van der Waals surface area contributed by atoms with Gasteiger partial charge in [0.1, 0.15) is 17.9 Å². The zero-order chi connectivity index (χ0) is 18.4. The van der Waals surface area contributed by atoms with Crippen LogP contribution in [-0.4, -0.2) is 37.0 Å². The largest absolute Gasteiger partial charge is 0.488 e. The van der Waals surface area contributed by atoms with E-state index in [2.05, 4.69) is 0 Å².